The summed E-state index contributed by atoms with van der Waals surface area (Å²) in [5.41, 5.74) is 0.935. The first-order chi connectivity index (χ1) is 11.1. The van der Waals surface area contributed by atoms with E-state index >= 15 is 0 Å². The Morgan fingerprint density at radius 1 is 1.35 bits per heavy atom. The van der Waals surface area contributed by atoms with Crippen molar-refractivity contribution in [3.8, 4) is 6.07 Å². The number of nitriles is 1. The van der Waals surface area contributed by atoms with Crippen LogP contribution in [0.25, 0.3) is 10.9 Å². The maximum absolute atomic E-state index is 12.6. The van der Waals surface area contributed by atoms with Gasteiger partial charge in [0.25, 0.3) is 5.91 Å². The molecule has 1 heterocycles. The van der Waals surface area contributed by atoms with Crippen LogP contribution in [-0.4, -0.2) is 30.0 Å². The summed E-state index contributed by atoms with van der Waals surface area (Å²) in [4.78, 5) is 28.7. The van der Waals surface area contributed by atoms with E-state index in [2.05, 4.69) is 10.3 Å². The van der Waals surface area contributed by atoms with Gasteiger partial charge in [-0.15, -0.1) is 0 Å². The molecule has 6 heteroatoms. The third-order valence-electron chi connectivity index (χ3n) is 3.60. The van der Waals surface area contributed by atoms with Crippen molar-refractivity contribution in [2.45, 2.75) is 19.4 Å². The van der Waals surface area contributed by atoms with E-state index in [4.69, 9.17) is 10.00 Å². The molecule has 1 aromatic heterocycles. The van der Waals surface area contributed by atoms with Crippen LogP contribution in [0.1, 0.15) is 23.7 Å². The lowest BCUT2D eigenvalue weighted by Crippen LogP contribution is -2.45. The number of hydrogen-bond donors (Lipinski definition) is 1. The van der Waals surface area contributed by atoms with Crippen molar-refractivity contribution in [2.24, 2.45) is 5.92 Å². The van der Waals surface area contributed by atoms with Crippen molar-refractivity contribution >= 4 is 22.8 Å². The summed E-state index contributed by atoms with van der Waals surface area (Å²) >= 11 is 0. The lowest BCUT2D eigenvalue weighted by molar-refractivity contribution is -0.144. The molecule has 2 aromatic rings. The molecule has 118 valence electrons. The van der Waals surface area contributed by atoms with E-state index in [0.29, 0.717) is 11.1 Å². The molecule has 0 spiro atoms. The van der Waals surface area contributed by atoms with E-state index < -0.39 is 17.9 Å². The lowest BCUT2D eigenvalue weighted by Gasteiger charge is -2.21. The number of rotatable bonds is 5. The van der Waals surface area contributed by atoms with Crippen LogP contribution in [0.15, 0.2) is 36.5 Å². The number of pyridine rings is 1. The van der Waals surface area contributed by atoms with Gasteiger partial charge >= 0.3 is 5.97 Å². The molecule has 0 aliphatic heterocycles. The third-order valence-corrected chi connectivity index (χ3v) is 3.60. The maximum Gasteiger partial charge on any atom is 0.328 e. The van der Waals surface area contributed by atoms with E-state index in [1.54, 1.807) is 31.3 Å². The summed E-state index contributed by atoms with van der Waals surface area (Å²) in [7, 11) is 1.25. The van der Waals surface area contributed by atoms with Gasteiger partial charge in [-0.1, -0.05) is 25.1 Å². The second-order valence-electron chi connectivity index (χ2n) is 5.19. The second-order valence-corrected chi connectivity index (χ2v) is 5.19. The standard InChI is InChI=1S/C17H17N3O3/c1-11(8-9-18)14(17(22)23-2)20-16(21)13-7-3-5-12-6-4-10-19-15(12)13/h3-7,10-11,14H,8H2,1-2H3,(H,20,21)/t11-,14-/m1/s1. The number of aromatic nitrogens is 1. The topological polar surface area (TPSA) is 92.1 Å². The molecule has 1 amide bonds. The maximum atomic E-state index is 12.6. The molecule has 0 saturated heterocycles. The predicted octanol–water partition coefficient (Wildman–Crippen LogP) is 2.06. The van der Waals surface area contributed by atoms with Gasteiger partial charge in [0.05, 0.1) is 24.3 Å². The van der Waals surface area contributed by atoms with Crippen LogP contribution >= 0.6 is 0 Å². The SMILES string of the molecule is COC(=O)[C@H](NC(=O)c1cccc2cccnc12)[C@H](C)CC#N. The van der Waals surface area contributed by atoms with E-state index in [0.717, 1.165) is 5.39 Å². The molecule has 0 saturated carbocycles. The minimum atomic E-state index is -0.883. The van der Waals surface area contributed by atoms with Gasteiger partial charge in [-0.3, -0.25) is 9.78 Å². The van der Waals surface area contributed by atoms with Crippen molar-refractivity contribution < 1.29 is 14.3 Å². The highest BCUT2D eigenvalue weighted by Crippen LogP contribution is 2.17. The van der Waals surface area contributed by atoms with Crippen LogP contribution in [0.2, 0.25) is 0 Å². The Bertz CT molecular complexity index is 762. The van der Waals surface area contributed by atoms with Crippen molar-refractivity contribution in [1.82, 2.24) is 10.3 Å². The first-order valence-corrected chi connectivity index (χ1v) is 7.18. The van der Waals surface area contributed by atoms with Crippen molar-refractivity contribution in [3.05, 3.63) is 42.1 Å². The summed E-state index contributed by atoms with van der Waals surface area (Å²) in [6.45, 7) is 1.71. The fraction of sp³-hybridized carbons (Fsp3) is 0.294. The van der Waals surface area contributed by atoms with E-state index in [-0.39, 0.29) is 12.3 Å². The number of nitrogens with zero attached hydrogens (tertiary/aromatic N) is 2. The van der Waals surface area contributed by atoms with Gasteiger partial charge in [0, 0.05) is 23.9 Å². The lowest BCUT2D eigenvalue weighted by atomic mass is 9.98. The molecule has 1 N–H and O–H groups in total. The molecule has 0 aliphatic rings. The van der Waals surface area contributed by atoms with Gasteiger partial charge in [0.1, 0.15) is 6.04 Å². The van der Waals surface area contributed by atoms with Gasteiger partial charge < -0.3 is 10.1 Å². The van der Waals surface area contributed by atoms with Gasteiger partial charge in [0.2, 0.25) is 0 Å². The van der Waals surface area contributed by atoms with Gasteiger partial charge in [-0.2, -0.15) is 5.26 Å². The summed E-state index contributed by atoms with van der Waals surface area (Å²) in [5, 5.41) is 12.3. The first kappa shape index (κ1) is 16.4. The number of benzene rings is 1. The van der Waals surface area contributed by atoms with Gasteiger partial charge in [-0.25, -0.2) is 4.79 Å². The zero-order valence-corrected chi connectivity index (χ0v) is 12.9. The average molecular weight is 311 g/mol. The number of hydrogen-bond acceptors (Lipinski definition) is 5. The average Bonchev–Trinajstić information content (AvgIpc) is 2.58. The number of carbonyl (C=O) groups is 2. The Kier molecular flexibility index (Phi) is 5.26. The molecule has 2 rings (SSSR count). The molecular weight excluding hydrogens is 294 g/mol. The van der Waals surface area contributed by atoms with Crippen LogP contribution in [-0.2, 0) is 9.53 Å². The number of esters is 1. The van der Waals surface area contributed by atoms with E-state index in [1.807, 2.05) is 18.2 Å². The Labute approximate surface area is 134 Å². The van der Waals surface area contributed by atoms with Crippen molar-refractivity contribution in [3.63, 3.8) is 0 Å². The van der Waals surface area contributed by atoms with Gasteiger partial charge in [0.15, 0.2) is 0 Å². The smallest absolute Gasteiger partial charge is 0.328 e. The van der Waals surface area contributed by atoms with E-state index in [9.17, 15) is 9.59 Å². The minimum absolute atomic E-state index is 0.133. The zero-order chi connectivity index (χ0) is 16.8. The Morgan fingerprint density at radius 3 is 2.78 bits per heavy atom. The first-order valence-electron chi connectivity index (χ1n) is 7.18. The van der Waals surface area contributed by atoms with Crippen LogP contribution in [0.5, 0.6) is 0 Å². The predicted molar refractivity (Wildman–Crippen MR) is 84.4 cm³/mol. The summed E-state index contributed by atoms with van der Waals surface area (Å²) in [6.07, 6.45) is 1.74. The third kappa shape index (κ3) is 3.64. The quantitative estimate of drug-likeness (QED) is 0.853. The molecule has 0 fully saturated rings. The highest BCUT2D eigenvalue weighted by atomic mass is 16.5. The number of methoxy groups -OCH3 is 1. The van der Waals surface area contributed by atoms with Gasteiger partial charge in [-0.05, 0) is 12.1 Å². The normalized spacial score (nSPS) is 12.9. The summed E-state index contributed by atoms with van der Waals surface area (Å²) < 4.78 is 4.73. The Balaban J connectivity index is 2.31. The number of carbonyl (C=O) groups excluding carboxylic acids is 2. The largest absolute Gasteiger partial charge is 0.467 e. The van der Waals surface area contributed by atoms with Crippen LogP contribution in [0.3, 0.4) is 0 Å². The second kappa shape index (κ2) is 7.36. The Morgan fingerprint density at radius 2 is 2.09 bits per heavy atom. The van der Waals surface area contributed by atoms with Crippen LogP contribution in [0.4, 0.5) is 0 Å². The van der Waals surface area contributed by atoms with Crippen LogP contribution in [0, 0.1) is 17.2 Å². The summed E-state index contributed by atoms with van der Waals surface area (Å²) in [5.74, 6) is -1.36. The molecule has 23 heavy (non-hydrogen) atoms. The fourth-order valence-corrected chi connectivity index (χ4v) is 2.33. The molecule has 2 atom stereocenters. The molecule has 0 radical (unpaired) electrons. The number of para-hydroxylation sites is 1. The number of amides is 1. The van der Waals surface area contributed by atoms with Crippen LogP contribution < -0.4 is 5.32 Å². The molecule has 0 aliphatic carbocycles. The highest BCUT2D eigenvalue weighted by Gasteiger charge is 2.28. The highest BCUT2D eigenvalue weighted by molar-refractivity contribution is 6.06. The minimum Gasteiger partial charge on any atom is -0.467 e. The Hall–Kier alpha value is -2.94. The molecule has 6 nitrogen and oxygen atoms in total. The van der Waals surface area contributed by atoms with Crippen molar-refractivity contribution in [1.29, 1.82) is 5.26 Å². The number of nitrogens with one attached hydrogen (secondary N) is 1. The summed E-state index contributed by atoms with van der Waals surface area (Å²) in [6, 6.07) is 10.0. The van der Waals surface area contributed by atoms with E-state index in [1.165, 1.54) is 7.11 Å². The monoisotopic (exact) mass is 311 g/mol. The van der Waals surface area contributed by atoms with Crippen molar-refractivity contribution in [2.75, 3.05) is 7.11 Å². The fourth-order valence-electron chi connectivity index (χ4n) is 2.33. The number of ether oxygens (including phenoxy) is 1. The zero-order valence-electron chi connectivity index (χ0n) is 12.9. The number of fused-ring (bicyclic) bond motifs is 1. The molecular formula is C17H17N3O3. The molecule has 0 bridgehead atoms. The molecule has 0 unspecified atom stereocenters. The molecule has 1 aromatic carbocycles.